The molecule has 1 aromatic heterocycles. The van der Waals surface area contributed by atoms with Gasteiger partial charge < -0.3 is 25.1 Å². The molecule has 2 heterocycles. The maximum Gasteiger partial charge on any atom is 0.227 e. The molecule has 1 aliphatic heterocycles. The number of rotatable bonds is 9. The second kappa shape index (κ2) is 10.7. The molecule has 1 saturated heterocycles. The molecule has 0 unspecified atom stereocenters. The van der Waals surface area contributed by atoms with Crippen molar-refractivity contribution in [1.29, 1.82) is 0 Å². The Labute approximate surface area is 182 Å². The fraction of sp³-hybridized carbons (Fsp3) is 0.304. The Morgan fingerprint density at radius 3 is 2.45 bits per heavy atom. The van der Waals surface area contributed by atoms with E-state index in [0.29, 0.717) is 12.6 Å². The largest absolute Gasteiger partial charge is 0.383 e. The van der Waals surface area contributed by atoms with Gasteiger partial charge in [-0.25, -0.2) is 15.4 Å². The molecule has 3 N–H and O–H groups in total. The summed E-state index contributed by atoms with van der Waals surface area (Å²) in [6.07, 6.45) is 1.77. The van der Waals surface area contributed by atoms with Crippen LogP contribution in [0.15, 0.2) is 60.8 Å². The average Bonchev–Trinajstić information content (AvgIpc) is 2.83. The number of benzene rings is 2. The topological polar surface area (TPSA) is 83.6 Å². The van der Waals surface area contributed by atoms with Gasteiger partial charge in [0.15, 0.2) is 0 Å². The van der Waals surface area contributed by atoms with Crippen molar-refractivity contribution in [3.63, 3.8) is 0 Å². The third-order valence-corrected chi connectivity index (χ3v) is 5.00. The zero-order valence-electron chi connectivity index (χ0n) is 17.7. The third-order valence-electron chi connectivity index (χ3n) is 5.00. The van der Waals surface area contributed by atoms with Gasteiger partial charge in [-0.15, -0.1) is 0 Å². The van der Waals surface area contributed by atoms with Crippen molar-refractivity contribution in [2.45, 2.75) is 0 Å². The van der Waals surface area contributed by atoms with Crippen LogP contribution in [0, 0.1) is 0 Å². The van der Waals surface area contributed by atoms with E-state index in [0.717, 1.165) is 55.5 Å². The van der Waals surface area contributed by atoms with Crippen molar-refractivity contribution >= 4 is 23.0 Å². The first-order valence-corrected chi connectivity index (χ1v) is 10.4. The van der Waals surface area contributed by atoms with Crippen molar-refractivity contribution < 1.29 is 9.47 Å². The maximum atomic E-state index is 5.42. The van der Waals surface area contributed by atoms with Crippen LogP contribution in [0.5, 0.6) is 0 Å². The lowest BCUT2D eigenvalue weighted by Crippen LogP contribution is -2.36. The van der Waals surface area contributed by atoms with E-state index in [9.17, 15) is 0 Å². The summed E-state index contributed by atoms with van der Waals surface area (Å²) in [4.78, 5) is 11.4. The van der Waals surface area contributed by atoms with Crippen molar-refractivity contribution in [2.24, 2.45) is 0 Å². The molecule has 1 fully saturated rings. The first-order chi connectivity index (χ1) is 15.3. The summed E-state index contributed by atoms with van der Waals surface area (Å²) in [6, 6.07) is 18.3. The molecule has 0 aliphatic carbocycles. The minimum atomic E-state index is 0.569. The van der Waals surface area contributed by atoms with Crippen LogP contribution in [-0.4, -0.2) is 56.5 Å². The molecule has 0 bridgehead atoms. The van der Waals surface area contributed by atoms with Crippen LogP contribution in [0.2, 0.25) is 0 Å². The van der Waals surface area contributed by atoms with E-state index < -0.39 is 0 Å². The highest BCUT2D eigenvalue weighted by Gasteiger charge is 2.11. The van der Waals surface area contributed by atoms with Crippen molar-refractivity contribution in [3.05, 3.63) is 60.8 Å². The van der Waals surface area contributed by atoms with E-state index in [1.54, 1.807) is 13.3 Å². The molecule has 2 aromatic carbocycles. The molecule has 0 radical (unpaired) electrons. The van der Waals surface area contributed by atoms with Crippen molar-refractivity contribution in [1.82, 2.24) is 15.4 Å². The fourth-order valence-corrected chi connectivity index (χ4v) is 3.33. The monoisotopic (exact) mass is 420 g/mol. The van der Waals surface area contributed by atoms with Crippen LogP contribution in [0.1, 0.15) is 0 Å². The van der Waals surface area contributed by atoms with Gasteiger partial charge in [0.1, 0.15) is 0 Å². The van der Waals surface area contributed by atoms with Gasteiger partial charge in [0.25, 0.3) is 0 Å². The highest BCUT2D eigenvalue weighted by atomic mass is 16.5. The average molecular weight is 421 g/mol. The summed E-state index contributed by atoms with van der Waals surface area (Å²) in [5, 5.41) is 3.30. The summed E-state index contributed by atoms with van der Waals surface area (Å²) in [6.45, 7) is 4.79. The maximum absolute atomic E-state index is 5.42. The molecule has 31 heavy (non-hydrogen) atoms. The lowest BCUT2D eigenvalue weighted by molar-refractivity contribution is 0.122. The number of hydrogen-bond acceptors (Lipinski definition) is 8. The van der Waals surface area contributed by atoms with Crippen LogP contribution in [0.4, 0.5) is 23.0 Å². The number of methoxy groups -OCH3 is 1. The lowest BCUT2D eigenvalue weighted by atomic mass is 10.1. The minimum Gasteiger partial charge on any atom is -0.383 e. The van der Waals surface area contributed by atoms with Gasteiger partial charge in [0, 0.05) is 55.6 Å². The van der Waals surface area contributed by atoms with Gasteiger partial charge in [-0.05, 0) is 42.5 Å². The number of ether oxygens (including phenoxy) is 2. The molecule has 0 saturated carbocycles. The lowest BCUT2D eigenvalue weighted by Gasteiger charge is -2.28. The zero-order chi connectivity index (χ0) is 21.3. The van der Waals surface area contributed by atoms with Crippen LogP contribution >= 0.6 is 0 Å². The Kier molecular flexibility index (Phi) is 7.28. The summed E-state index contributed by atoms with van der Waals surface area (Å²) in [7, 11) is 1.68. The molecule has 0 atom stereocenters. The van der Waals surface area contributed by atoms with Gasteiger partial charge in [-0.1, -0.05) is 12.1 Å². The normalized spacial score (nSPS) is 13.8. The summed E-state index contributed by atoms with van der Waals surface area (Å²) >= 11 is 0. The Morgan fingerprint density at radius 2 is 1.71 bits per heavy atom. The van der Waals surface area contributed by atoms with Crippen molar-refractivity contribution in [3.8, 4) is 11.3 Å². The highest BCUT2D eigenvalue weighted by Crippen LogP contribution is 2.23. The van der Waals surface area contributed by atoms with E-state index in [1.165, 1.54) is 5.69 Å². The molecule has 0 amide bonds. The predicted molar refractivity (Wildman–Crippen MR) is 124 cm³/mol. The van der Waals surface area contributed by atoms with E-state index in [2.05, 4.69) is 55.3 Å². The number of hydrogen-bond donors (Lipinski definition) is 3. The van der Waals surface area contributed by atoms with Gasteiger partial charge in [-0.2, -0.15) is 0 Å². The Balaban J connectivity index is 1.38. The van der Waals surface area contributed by atoms with Crippen LogP contribution < -0.4 is 21.1 Å². The number of morpholine rings is 1. The van der Waals surface area contributed by atoms with Crippen LogP contribution in [-0.2, 0) is 9.47 Å². The molecular formula is C23H28N6O2. The highest BCUT2D eigenvalue weighted by molar-refractivity contribution is 5.65. The second-order valence-electron chi connectivity index (χ2n) is 7.16. The standard InChI is InChI=1S/C23H28N6O2/c1-30-15-12-25-28-20-4-2-18(3-5-20)22-10-11-24-23(27-22)26-19-6-8-21(9-7-19)29-13-16-31-17-14-29/h2-11,25,28H,12-17H2,1H3,(H,24,26,27). The molecule has 162 valence electrons. The van der Waals surface area contributed by atoms with Crippen LogP contribution in [0.3, 0.4) is 0 Å². The second-order valence-corrected chi connectivity index (χ2v) is 7.16. The van der Waals surface area contributed by atoms with Gasteiger partial charge >= 0.3 is 0 Å². The molecule has 8 nitrogen and oxygen atoms in total. The van der Waals surface area contributed by atoms with Gasteiger partial charge in [0.2, 0.25) is 5.95 Å². The number of nitrogens with zero attached hydrogens (tertiary/aromatic N) is 3. The summed E-state index contributed by atoms with van der Waals surface area (Å²) in [5.74, 6) is 0.569. The molecular weight excluding hydrogens is 392 g/mol. The Bertz CT molecular complexity index is 943. The van der Waals surface area contributed by atoms with E-state index in [-0.39, 0.29) is 0 Å². The van der Waals surface area contributed by atoms with E-state index in [4.69, 9.17) is 9.47 Å². The van der Waals surface area contributed by atoms with E-state index >= 15 is 0 Å². The molecule has 0 spiro atoms. The first kappa shape index (κ1) is 21.0. The minimum absolute atomic E-state index is 0.569. The zero-order valence-corrected chi connectivity index (χ0v) is 17.7. The molecule has 4 rings (SSSR count). The molecule has 1 aliphatic rings. The molecule has 3 aromatic rings. The number of aromatic nitrogens is 2. The predicted octanol–water partition coefficient (Wildman–Crippen LogP) is 3.29. The summed E-state index contributed by atoms with van der Waals surface area (Å²) in [5.41, 5.74) is 11.3. The first-order valence-electron chi connectivity index (χ1n) is 10.4. The van der Waals surface area contributed by atoms with Gasteiger partial charge in [-0.3, -0.25) is 0 Å². The van der Waals surface area contributed by atoms with Gasteiger partial charge in [0.05, 0.1) is 25.5 Å². The van der Waals surface area contributed by atoms with Crippen LogP contribution in [0.25, 0.3) is 11.3 Å². The molecule has 8 heteroatoms. The SMILES string of the molecule is COCCNNc1ccc(-c2ccnc(Nc3ccc(N4CCOCC4)cc3)n2)cc1. The Morgan fingerprint density at radius 1 is 0.968 bits per heavy atom. The van der Waals surface area contributed by atoms with E-state index in [1.807, 2.05) is 30.3 Å². The quantitative estimate of drug-likeness (QED) is 0.359. The van der Waals surface area contributed by atoms with Crippen molar-refractivity contribution in [2.75, 3.05) is 62.2 Å². The number of nitrogens with one attached hydrogen (secondary N) is 3. The number of anilines is 4. The third kappa shape index (κ3) is 5.91. The Hall–Kier alpha value is -3.20. The number of hydrazine groups is 1. The summed E-state index contributed by atoms with van der Waals surface area (Å²) < 4.78 is 10.4. The smallest absolute Gasteiger partial charge is 0.227 e. The fourth-order valence-electron chi connectivity index (χ4n) is 3.33.